The summed E-state index contributed by atoms with van der Waals surface area (Å²) in [6.07, 6.45) is 3.18. The van der Waals surface area contributed by atoms with Gasteiger partial charge in [-0.2, -0.15) is 0 Å². The summed E-state index contributed by atoms with van der Waals surface area (Å²) in [6, 6.07) is 13.6. The first-order valence-corrected chi connectivity index (χ1v) is 13.0. The molecule has 2 amide bonds. The molecule has 0 saturated carbocycles. The van der Waals surface area contributed by atoms with Crippen molar-refractivity contribution in [2.45, 2.75) is 56.6 Å². The molecule has 0 radical (unpaired) electrons. The minimum absolute atomic E-state index is 0.00324. The molecule has 2 aliphatic rings. The minimum Gasteiger partial charge on any atom is -0.342 e. The zero-order valence-electron chi connectivity index (χ0n) is 18.7. The molecule has 32 heavy (non-hydrogen) atoms. The van der Waals surface area contributed by atoms with E-state index >= 15 is 0 Å². The highest BCUT2D eigenvalue weighted by Crippen LogP contribution is 2.32. The lowest BCUT2D eigenvalue weighted by molar-refractivity contribution is -0.152. The molecular weight excluding hydrogens is 424 g/mol. The first-order chi connectivity index (χ1) is 15.1. The number of piperazine rings is 1. The number of carbonyl (C=O) groups is 2. The molecular formula is C25H30N2O4S. The maximum Gasteiger partial charge on any atom is 0.246 e. The summed E-state index contributed by atoms with van der Waals surface area (Å²) >= 11 is 0. The average molecular weight is 455 g/mol. The number of carbonyl (C=O) groups excluding carboxylic acids is 2. The first kappa shape index (κ1) is 22.5. The number of fused-ring (bicyclic) bond motifs is 1. The summed E-state index contributed by atoms with van der Waals surface area (Å²) in [4.78, 5) is 28.7. The Hall–Kier alpha value is -2.67. The molecule has 6 nitrogen and oxygen atoms in total. The molecule has 1 aliphatic heterocycles. The highest BCUT2D eigenvalue weighted by Gasteiger charge is 2.45. The molecule has 0 aromatic heterocycles. The van der Waals surface area contributed by atoms with Gasteiger partial charge in [-0.05, 0) is 53.9 Å². The maximum absolute atomic E-state index is 13.7. The van der Waals surface area contributed by atoms with E-state index in [1.165, 1.54) is 17.4 Å². The molecule has 0 bridgehead atoms. The summed E-state index contributed by atoms with van der Waals surface area (Å²) in [6.45, 7) is 4.13. The number of rotatable bonds is 6. The molecule has 1 aliphatic carbocycles. The number of amides is 2. The van der Waals surface area contributed by atoms with E-state index in [-0.39, 0.29) is 35.1 Å². The van der Waals surface area contributed by atoms with Gasteiger partial charge in [-0.25, -0.2) is 8.42 Å². The summed E-state index contributed by atoms with van der Waals surface area (Å²) in [5.41, 5.74) is 2.98. The molecule has 2 atom stereocenters. The van der Waals surface area contributed by atoms with Crippen molar-refractivity contribution < 1.29 is 18.0 Å². The average Bonchev–Trinajstić information content (AvgIpc) is 3.16. The Morgan fingerprint density at radius 1 is 1.00 bits per heavy atom. The van der Waals surface area contributed by atoms with Gasteiger partial charge >= 0.3 is 0 Å². The summed E-state index contributed by atoms with van der Waals surface area (Å²) in [5, 5.41) is 3.01. The first-order valence-electron chi connectivity index (χ1n) is 11.1. The van der Waals surface area contributed by atoms with Crippen LogP contribution in [0, 0.1) is 11.8 Å². The second-order valence-electron chi connectivity index (χ2n) is 9.41. The van der Waals surface area contributed by atoms with Crippen molar-refractivity contribution in [3.05, 3.63) is 65.2 Å². The highest BCUT2D eigenvalue weighted by molar-refractivity contribution is 7.90. The summed E-state index contributed by atoms with van der Waals surface area (Å²) in [7, 11) is -3.46. The summed E-state index contributed by atoms with van der Waals surface area (Å²) in [5.74, 6) is -0.0811. The Balaban J connectivity index is 1.66. The lowest BCUT2D eigenvalue weighted by Gasteiger charge is -2.41. The molecule has 2 aromatic rings. The van der Waals surface area contributed by atoms with Gasteiger partial charge in [0.1, 0.15) is 12.1 Å². The Morgan fingerprint density at radius 3 is 2.19 bits per heavy atom. The number of nitrogens with zero attached hydrogens (tertiary/aromatic N) is 1. The van der Waals surface area contributed by atoms with Gasteiger partial charge in [0, 0.05) is 12.8 Å². The van der Waals surface area contributed by atoms with E-state index < -0.39 is 21.9 Å². The van der Waals surface area contributed by atoms with Crippen LogP contribution in [-0.4, -0.2) is 43.5 Å². The van der Waals surface area contributed by atoms with Crippen LogP contribution in [-0.2, 0) is 38.8 Å². The SMILES string of the molecule is CC(C)C[C@@H]1C(=O)N[C@H](C2Cc3ccccc3C2)C(=O)N1Cc1ccccc1S(C)(=O)=O. The molecule has 1 saturated heterocycles. The Bertz CT molecular complexity index is 1120. The van der Waals surface area contributed by atoms with Gasteiger partial charge in [0.15, 0.2) is 9.84 Å². The number of sulfone groups is 1. The van der Waals surface area contributed by atoms with Gasteiger partial charge in [0.2, 0.25) is 11.8 Å². The van der Waals surface area contributed by atoms with Crippen LogP contribution in [0.25, 0.3) is 0 Å². The van der Waals surface area contributed by atoms with Crippen LogP contribution in [0.5, 0.6) is 0 Å². The van der Waals surface area contributed by atoms with Crippen molar-refractivity contribution in [3.63, 3.8) is 0 Å². The van der Waals surface area contributed by atoms with Crippen molar-refractivity contribution in [2.75, 3.05) is 6.26 Å². The number of hydrogen-bond donors (Lipinski definition) is 1. The molecule has 1 N–H and O–H groups in total. The van der Waals surface area contributed by atoms with Crippen molar-refractivity contribution in [1.82, 2.24) is 10.2 Å². The van der Waals surface area contributed by atoms with Gasteiger partial charge in [-0.1, -0.05) is 56.3 Å². The summed E-state index contributed by atoms with van der Waals surface area (Å²) < 4.78 is 24.6. The predicted molar refractivity (Wildman–Crippen MR) is 123 cm³/mol. The van der Waals surface area contributed by atoms with E-state index in [0.717, 1.165) is 12.8 Å². The lowest BCUT2D eigenvalue weighted by atomic mass is 9.90. The van der Waals surface area contributed by atoms with E-state index in [0.29, 0.717) is 12.0 Å². The Kier molecular flexibility index (Phi) is 6.12. The number of hydrogen-bond acceptors (Lipinski definition) is 4. The van der Waals surface area contributed by atoms with E-state index in [9.17, 15) is 18.0 Å². The fourth-order valence-electron chi connectivity index (χ4n) is 4.98. The van der Waals surface area contributed by atoms with Crippen molar-refractivity contribution in [1.29, 1.82) is 0 Å². The zero-order valence-corrected chi connectivity index (χ0v) is 19.6. The molecule has 0 spiro atoms. The molecule has 1 fully saturated rings. The molecule has 2 aromatic carbocycles. The predicted octanol–water partition coefficient (Wildman–Crippen LogP) is 2.75. The van der Waals surface area contributed by atoms with Crippen LogP contribution >= 0.6 is 0 Å². The molecule has 170 valence electrons. The third kappa shape index (κ3) is 4.44. The van der Waals surface area contributed by atoms with E-state index in [2.05, 4.69) is 17.4 Å². The Morgan fingerprint density at radius 2 is 1.59 bits per heavy atom. The molecule has 4 rings (SSSR count). The standard InChI is InChI=1S/C25H30N2O4S/c1-16(2)12-21-24(28)26-23(20-13-17-8-4-5-9-18(17)14-20)25(29)27(21)15-19-10-6-7-11-22(19)32(3,30)31/h4-11,16,20-21,23H,12-15H2,1-3H3,(H,26,28)/t21-,23-/m1/s1. The topological polar surface area (TPSA) is 83.6 Å². The van der Waals surface area contributed by atoms with E-state index in [1.54, 1.807) is 29.2 Å². The zero-order chi connectivity index (χ0) is 23.0. The number of benzene rings is 2. The third-order valence-electron chi connectivity index (χ3n) is 6.49. The smallest absolute Gasteiger partial charge is 0.246 e. The Labute approximate surface area is 189 Å². The number of nitrogens with one attached hydrogen (secondary N) is 1. The fourth-order valence-corrected chi connectivity index (χ4v) is 5.92. The normalized spacial score (nSPS) is 21.7. The quantitative estimate of drug-likeness (QED) is 0.728. The van der Waals surface area contributed by atoms with Crippen LogP contribution in [0.3, 0.4) is 0 Å². The monoisotopic (exact) mass is 454 g/mol. The van der Waals surface area contributed by atoms with Gasteiger partial charge in [-0.3, -0.25) is 9.59 Å². The molecule has 7 heteroatoms. The van der Waals surface area contributed by atoms with Gasteiger partial charge in [-0.15, -0.1) is 0 Å². The van der Waals surface area contributed by atoms with Gasteiger partial charge in [0.25, 0.3) is 0 Å². The van der Waals surface area contributed by atoms with Gasteiger partial charge in [0.05, 0.1) is 4.90 Å². The fraction of sp³-hybridized carbons (Fsp3) is 0.440. The van der Waals surface area contributed by atoms with E-state index in [1.807, 2.05) is 26.0 Å². The van der Waals surface area contributed by atoms with Crippen molar-refractivity contribution in [3.8, 4) is 0 Å². The molecule has 1 heterocycles. The highest BCUT2D eigenvalue weighted by atomic mass is 32.2. The van der Waals surface area contributed by atoms with Crippen molar-refractivity contribution >= 4 is 21.7 Å². The van der Waals surface area contributed by atoms with Crippen LogP contribution in [0.1, 0.15) is 37.0 Å². The van der Waals surface area contributed by atoms with Crippen LogP contribution in [0.15, 0.2) is 53.4 Å². The van der Waals surface area contributed by atoms with E-state index in [4.69, 9.17) is 0 Å². The second kappa shape index (κ2) is 8.70. The van der Waals surface area contributed by atoms with Crippen molar-refractivity contribution in [2.24, 2.45) is 11.8 Å². The second-order valence-corrected chi connectivity index (χ2v) is 11.4. The van der Waals surface area contributed by atoms with Crippen LogP contribution in [0.4, 0.5) is 0 Å². The minimum atomic E-state index is -3.46. The van der Waals surface area contributed by atoms with Crippen LogP contribution < -0.4 is 5.32 Å². The lowest BCUT2D eigenvalue weighted by Crippen LogP contribution is -2.65. The third-order valence-corrected chi connectivity index (χ3v) is 7.68. The maximum atomic E-state index is 13.7. The largest absolute Gasteiger partial charge is 0.342 e. The molecule has 0 unspecified atom stereocenters. The van der Waals surface area contributed by atoms with Gasteiger partial charge < -0.3 is 10.2 Å². The van der Waals surface area contributed by atoms with Crippen LogP contribution in [0.2, 0.25) is 0 Å².